The van der Waals surface area contributed by atoms with E-state index < -0.39 is 11.5 Å². The van der Waals surface area contributed by atoms with E-state index in [0.29, 0.717) is 5.82 Å². The van der Waals surface area contributed by atoms with Crippen LogP contribution in [0, 0.1) is 5.41 Å². The van der Waals surface area contributed by atoms with Crippen molar-refractivity contribution in [2.45, 2.75) is 33.7 Å². The molecule has 94 valence electrons. The molecule has 0 aromatic carbocycles. The van der Waals surface area contributed by atoms with Gasteiger partial charge in [-0.15, -0.1) is 0 Å². The van der Waals surface area contributed by atoms with E-state index in [1.165, 1.54) is 6.20 Å². The summed E-state index contributed by atoms with van der Waals surface area (Å²) < 4.78 is 0. The maximum Gasteiger partial charge on any atom is 0.247 e. The van der Waals surface area contributed by atoms with E-state index in [2.05, 4.69) is 20.8 Å². The highest BCUT2D eigenvalue weighted by Gasteiger charge is 2.25. The van der Waals surface area contributed by atoms with Gasteiger partial charge in [-0.3, -0.25) is 14.7 Å². The van der Waals surface area contributed by atoms with Crippen molar-refractivity contribution in [1.29, 1.82) is 0 Å². The second-order valence-electron chi connectivity index (χ2n) is 4.90. The van der Waals surface area contributed by atoms with Crippen LogP contribution in [0.25, 0.3) is 0 Å². The highest BCUT2D eigenvalue weighted by molar-refractivity contribution is 5.96. The SMILES string of the molecule is CC(NC(=O)C(C)(C)C)C(=O)Nc1ccn[nH]1. The quantitative estimate of drug-likeness (QED) is 0.731. The number of carbonyl (C=O) groups is 2. The zero-order valence-electron chi connectivity index (χ0n) is 10.5. The Hall–Kier alpha value is -1.85. The fourth-order valence-electron chi connectivity index (χ4n) is 1.05. The number of aromatic amines is 1. The van der Waals surface area contributed by atoms with Crippen LogP contribution in [0.2, 0.25) is 0 Å². The number of carbonyl (C=O) groups excluding carboxylic acids is 2. The zero-order chi connectivity index (χ0) is 13.1. The largest absolute Gasteiger partial charge is 0.344 e. The van der Waals surface area contributed by atoms with Gasteiger partial charge in [-0.1, -0.05) is 20.8 Å². The van der Waals surface area contributed by atoms with Crippen molar-refractivity contribution in [3.8, 4) is 0 Å². The number of aromatic nitrogens is 2. The summed E-state index contributed by atoms with van der Waals surface area (Å²) in [5, 5.41) is 11.6. The van der Waals surface area contributed by atoms with Crippen LogP contribution in [-0.2, 0) is 9.59 Å². The monoisotopic (exact) mass is 238 g/mol. The molecule has 0 saturated carbocycles. The topological polar surface area (TPSA) is 86.9 Å². The van der Waals surface area contributed by atoms with Gasteiger partial charge in [0.2, 0.25) is 11.8 Å². The van der Waals surface area contributed by atoms with Gasteiger partial charge in [0.25, 0.3) is 0 Å². The highest BCUT2D eigenvalue weighted by atomic mass is 16.2. The van der Waals surface area contributed by atoms with E-state index >= 15 is 0 Å². The van der Waals surface area contributed by atoms with Gasteiger partial charge >= 0.3 is 0 Å². The lowest BCUT2D eigenvalue weighted by Crippen LogP contribution is -2.46. The lowest BCUT2D eigenvalue weighted by atomic mass is 9.95. The Bertz CT molecular complexity index is 392. The number of amides is 2. The predicted octanol–water partition coefficient (Wildman–Crippen LogP) is 0.899. The number of nitrogens with zero attached hydrogens (tertiary/aromatic N) is 1. The van der Waals surface area contributed by atoms with Crippen molar-refractivity contribution in [2.75, 3.05) is 5.32 Å². The smallest absolute Gasteiger partial charge is 0.247 e. The molecule has 6 heteroatoms. The summed E-state index contributed by atoms with van der Waals surface area (Å²) in [6.45, 7) is 7.01. The lowest BCUT2D eigenvalue weighted by molar-refractivity contribution is -0.131. The average Bonchev–Trinajstić information content (AvgIpc) is 2.68. The van der Waals surface area contributed by atoms with Crippen LogP contribution < -0.4 is 10.6 Å². The van der Waals surface area contributed by atoms with Crippen LogP contribution in [0.4, 0.5) is 5.82 Å². The van der Waals surface area contributed by atoms with Crippen LogP contribution in [-0.4, -0.2) is 28.1 Å². The molecule has 1 heterocycles. The lowest BCUT2D eigenvalue weighted by Gasteiger charge is -2.21. The van der Waals surface area contributed by atoms with Gasteiger partial charge in [0.05, 0.1) is 6.20 Å². The molecule has 6 nitrogen and oxygen atoms in total. The number of anilines is 1. The highest BCUT2D eigenvalue weighted by Crippen LogP contribution is 2.13. The Morgan fingerprint density at radius 2 is 2.06 bits per heavy atom. The van der Waals surface area contributed by atoms with E-state index in [0.717, 1.165) is 0 Å². The fourth-order valence-corrected chi connectivity index (χ4v) is 1.05. The molecule has 1 aromatic rings. The van der Waals surface area contributed by atoms with E-state index in [4.69, 9.17) is 0 Å². The molecule has 0 spiro atoms. The minimum atomic E-state index is -0.593. The zero-order valence-corrected chi connectivity index (χ0v) is 10.5. The third kappa shape index (κ3) is 3.90. The van der Waals surface area contributed by atoms with Gasteiger partial charge in [-0.05, 0) is 6.92 Å². The number of H-pyrrole nitrogens is 1. The van der Waals surface area contributed by atoms with Gasteiger partial charge in [0, 0.05) is 11.5 Å². The predicted molar refractivity (Wildman–Crippen MR) is 64.3 cm³/mol. The molecule has 17 heavy (non-hydrogen) atoms. The summed E-state index contributed by atoms with van der Waals surface area (Å²) in [5.74, 6) is 0.0588. The number of hydrogen-bond acceptors (Lipinski definition) is 3. The average molecular weight is 238 g/mol. The molecule has 0 aliphatic heterocycles. The molecule has 2 amide bonds. The molecule has 0 aliphatic rings. The van der Waals surface area contributed by atoms with Crippen molar-refractivity contribution in [2.24, 2.45) is 5.41 Å². The first kappa shape index (κ1) is 13.2. The first-order valence-electron chi connectivity index (χ1n) is 5.42. The molecule has 0 aliphatic carbocycles. The summed E-state index contributed by atoms with van der Waals surface area (Å²) in [4.78, 5) is 23.4. The third-order valence-electron chi connectivity index (χ3n) is 2.18. The normalized spacial score (nSPS) is 12.9. The molecule has 0 saturated heterocycles. The van der Waals surface area contributed by atoms with Crippen molar-refractivity contribution in [3.63, 3.8) is 0 Å². The van der Waals surface area contributed by atoms with Crippen LogP contribution in [0.1, 0.15) is 27.7 Å². The van der Waals surface area contributed by atoms with Crippen LogP contribution in [0.5, 0.6) is 0 Å². The van der Waals surface area contributed by atoms with Crippen molar-refractivity contribution in [3.05, 3.63) is 12.3 Å². The van der Waals surface area contributed by atoms with Gasteiger partial charge in [-0.25, -0.2) is 0 Å². The van der Waals surface area contributed by atoms with Gasteiger partial charge in [-0.2, -0.15) is 5.10 Å². The van der Waals surface area contributed by atoms with Gasteiger partial charge < -0.3 is 10.6 Å². The Balaban J connectivity index is 2.51. The first-order valence-corrected chi connectivity index (χ1v) is 5.42. The number of rotatable bonds is 3. The fraction of sp³-hybridized carbons (Fsp3) is 0.545. The minimum absolute atomic E-state index is 0.162. The molecule has 3 N–H and O–H groups in total. The summed E-state index contributed by atoms with van der Waals surface area (Å²) in [5.41, 5.74) is -0.511. The molecule has 1 rings (SSSR count). The van der Waals surface area contributed by atoms with E-state index in [1.54, 1.807) is 33.8 Å². The third-order valence-corrected chi connectivity index (χ3v) is 2.18. The van der Waals surface area contributed by atoms with Crippen LogP contribution >= 0.6 is 0 Å². The van der Waals surface area contributed by atoms with Crippen LogP contribution in [0.3, 0.4) is 0 Å². The molecule has 0 bridgehead atoms. The Morgan fingerprint density at radius 1 is 1.41 bits per heavy atom. The number of hydrogen-bond donors (Lipinski definition) is 3. The van der Waals surface area contributed by atoms with E-state index in [9.17, 15) is 9.59 Å². The Kier molecular flexibility index (Phi) is 3.88. The van der Waals surface area contributed by atoms with Gasteiger partial charge in [0.15, 0.2) is 0 Å². The molecule has 0 radical (unpaired) electrons. The number of nitrogens with one attached hydrogen (secondary N) is 3. The maximum atomic E-state index is 11.7. The van der Waals surface area contributed by atoms with E-state index in [1.807, 2.05) is 0 Å². The molecule has 1 atom stereocenters. The van der Waals surface area contributed by atoms with E-state index in [-0.39, 0.29) is 11.8 Å². The van der Waals surface area contributed by atoms with Crippen molar-refractivity contribution < 1.29 is 9.59 Å². The Labute approximate surface area is 100 Å². The second-order valence-corrected chi connectivity index (χ2v) is 4.90. The molecular weight excluding hydrogens is 220 g/mol. The van der Waals surface area contributed by atoms with Crippen LogP contribution in [0.15, 0.2) is 12.3 Å². The van der Waals surface area contributed by atoms with Crippen molar-refractivity contribution >= 4 is 17.6 Å². The second kappa shape index (κ2) is 4.99. The molecular formula is C11H18N4O2. The maximum absolute atomic E-state index is 11.7. The molecule has 0 fully saturated rings. The van der Waals surface area contributed by atoms with Gasteiger partial charge in [0.1, 0.15) is 11.9 Å². The minimum Gasteiger partial charge on any atom is -0.344 e. The first-order chi connectivity index (χ1) is 7.80. The Morgan fingerprint density at radius 3 is 2.53 bits per heavy atom. The summed E-state index contributed by atoms with van der Waals surface area (Å²) >= 11 is 0. The standard InChI is InChI=1S/C11H18N4O2/c1-7(13-10(17)11(2,3)4)9(16)14-8-5-6-12-15-8/h5-7H,1-4H3,(H,13,17)(H2,12,14,15,16). The summed E-state index contributed by atoms with van der Waals surface area (Å²) in [7, 11) is 0. The summed E-state index contributed by atoms with van der Waals surface area (Å²) in [6.07, 6.45) is 1.54. The van der Waals surface area contributed by atoms with Crippen molar-refractivity contribution in [1.82, 2.24) is 15.5 Å². The molecule has 1 aromatic heterocycles. The molecule has 1 unspecified atom stereocenters. The summed E-state index contributed by atoms with van der Waals surface area (Å²) in [6, 6.07) is 1.04.